The first-order chi connectivity index (χ1) is 11.5. The predicted octanol–water partition coefficient (Wildman–Crippen LogP) is 3.18. The van der Waals surface area contributed by atoms with Gasteiger partial charge < -0.3 is 0 Å². The van der Waals surface area contributed by atoms with Gasteiger partial charge in [0, 0.05) is 12.3 Å². The van der Waals surface area contributed by atoms with E-state index in [4.69, 9.17) is 0 Å². The van der Waals surface area contributed by atoms with Gasteiger partial charge >= 0.3 is 0 Å². The van der Waals surface area contributed by atoms with Crippen molar-refractivity contribution in [3.8, 4) is 0 Å². The Morgan fingerprint density at radius 3 is 2.50 bits per heavy atom. The fraction of sp³-hybridized carbons (Fsp3) is 0.167. The zero-order chi connectivity index (χ0) is 17.0. The molecule has 0 amide bonds. The van der Waals surface area contributed by atoms with Gasteiger partial charge in [-0.3, -0.25) is 9.40 Å². The first kappa shape index (κ1) is 16.3. The van der Waals surface area contributed by atoms with Crippen LogP contribution in [0.4, 0.5) is 5.82 Å². The smallest absolute Gasteiger partial charge is 0.238 e. The van der Waals surface area contributed by atoms with Gasteiger partial charge in [0.25, 0.3) is 0 Å². The average molecular weight is 341 g/mol. The molecule has 124 valence electrons. The number of anilines is 1. The molecule has 3 aromatic rings. The third-order valence-corrected chi connectivity index (χ3v) is 4.76. The van der Waals surface area contributed by atoms with E-state index in [0.717, 1.165) is 11.1 Å². The molecular weight excluding hydrogens is 322 g/mol. The Morgan fingerprint density at radius 1 is 1.00 bits per heavy atom. The highest BCUT2D eigenvalue weighted by molar-refractivity contribution is 7.91. The van der Waals surface area contributed by atoms with Crippen molar-refractivity contribution in [3.05, 3.63) is 83.6 Å². The van der Waals surface area contributed by atoms with Gasteiger partial charge in [0.15, 0.2) is 5.82 Å². The van der Waals surface area contributed by atoms with Gasteiger partial charge in [0.2, 0.25) is 10.0 Å². The lowest BCUT2D eigenvalue weighted by molar-refractivity contribution is 0.600. The molecule has 5 nitrogen and oxygen atoms in total. The van der Waals surface area contributed by atoms with Crippen molar-refractivity contribution < 1.29 is 8.42 Å². The maximum absolute atomic E-state index is 12.2. The highest BCUT2D eigenvalue weighted by Gasteiger charge is 2.13. The molecule has 0 saturated carbocycles. The van der Waals surface area contributed by atoms with Crippen molar-refractivity contribution in [3.63, 3.8) is 0 Å². The van der Waals surface area contributed by atoms with Crippen LogP contribution in [0.2, 0.25) is 0 Å². The van der Waals surface area contributed by atoms with Gasteiger partial charge in [0.1, 0.15) is 0 Å². The van der Waals surface area contributed by atoms with Crippen molar-refractivity contribution in [2.45, 2.75) is 19.2 Å². The molecule has 0 unspecified atom stereocenters. The van der Waals surface area contributed by atoms with Crippen LogP contribution < -0.4 is 4.72 Å². The molecule has 0 spiro atoms. The van der Waals surface area contributed by atoms with Gasteiger partial charge in [-0.15, -0.1) is 0 Å². The minimum atomic E-state index is -3.48. The Kier molecular flexibility index (Phi) is 4.66. The second-order valence-corrected chi connectivity index (χ2v) is 7.46. The Balaban J connectivity index is 1.67. The van der Waals surface area contributed by atoms with E-state index < -0.39 is 10.0 Å². The van der Waals surface area contributed by atoms with Crippen molar-refractivity contribution in [2.75, 3.05) is 4.72 Å². The molecule has 0 aliphatic carbocycles. The number of aromatic nitrogens is 2. The predicted molar refractivity (Wildman–Crippen MR) is 95.2 cm³/mol. The molecule has 0 aliphatic rings. The molecule has 0 fully saturated rings. The highest BCUT2D eigenvalue weighted by Crippen LogP contribution is 2.12. The Morgan fingerprint density at radius 2 is 1.75 bits per heavy atom. The van der Waals surface area contributed by atoms with Crippen LogP contribution in [0.15, 0.2) is 66.9 Å². The number of sulfonamides is 1. The molecule has 0 radical (unpaired) electrons. The molecule has 1 aromatic heterocycles. The van der Waals surface area contributed by atoms with E-state index in [1.807, 2.05) is 43.3 Å². The molecule has 2 aromatic carbocycles. The first-order valence-corrected chi connectivity index (χ1v) is 9.29. The summed E-state index contributed by atoms with van der Waals surface area (Å²) < 4.78 is 28.7. The van der Waals surface area contributed by atoms with Crippen LogP contribution in [0.25, 0.3) is 0 Å². The van der Waals surface area contributed by atoms with Crippen LogP contribution in [0.3, 0.4) is 0 Å². The molecule has 0 aliphatic heterocycles. The van der Waals surface area contributed by atoms with E-state index in [2.05, 4.69) is 15.9 Å². The number of nitrogens with zero attached hydrogens (tertiary/aromatic N) is 2. The number of rotatable bonds is 6. The van der Waals surface area contributed by atoms with E-state index in [1.165, 1.54) is 5.56 Å². The zero-order valence-corrected chi connectivity index (χ0v) is 14.2. The average Bonchev–Trinajstić information content (AvgIpc) is 2.94. The van der Waals surface area contributed by atoms with E-state index in [-0.39, 0.29) is 5.75 Å². The summed E-state index contributed by atoms with van der Waals surface area (Å²) in [5.41, 5.74) is 3.05. The number of benzene rings is 2. The topological polar surface area (TPSA) is 64.0 Å². The van der Waals surface area contributed by atoms with Crippen molar-refractivity contribution in [1.82, 2.24) is 9.78 Å². The van der Waals surface area contributed by atoms with Crippen molar-refractivity contribution in [1.29, 1.82) is 0 Å². The van der Waals surface area contributed by atoms with E-state index in [1.54, 1.807) is 29.1 Å². The Bertz CT molecular complexity index is 918. The van der Waals surface area contributed by atoms with Gasteiger partial charge in [-0.2, -0.15) is 5.10 Å². The largest absolute Gasteiger partial charge is 0.266 e. The first-order valence-electron chi connectivity index (χ1n) is 7.64. The summed E-state index contributed by atoms with van der Waals surface area (Å²) in [4.78, 5) is 0. The van der Waals surface area contributed by atoms with Crippen LogP contribution in [-0.4, -0.2) is 18.2 Å². The highest BCUT2D eigenvalue weighted by atomic mass is 32.2. The third-order valence-electron chi connectivity index (χ3n) is 3.53. The normalized spacial score (nSPS) is 11.4. The molecule has 0 atom stereocenters. The summed E-state index contributed by atoms with van der Waals surface area (Å²) in [6, 6.07) is 18.9. The molecule has 3 rings (SSSR count). The number of hydrogen-bond donors (Lipinski definition) is 1. The summed E-state index contributed by atoms with van der Waals surface area (Å²) in [7, 11) is -3.48. The van der Waals surface area contributed by atoms with Crippen LogP contribution in [0.1, 0.15) is 16.7 Å². The Labute approximate surface area is 142 Å². The van der Waals surface area contributed by atoms with E-state index >= 15 is 0 Å². The maximum Gasteiger partial charge on any atom is 0.238 e. The quantitative estimate of drug-likeness (QED) is 0.749. The van der Waals surface area contributed by atoms with Crippen molar-refractivity contribution >= 4 is 15.8 Å². The van der Waals surface area contributed by atoms with Gasteiger partial charge in [-0.05, 0) is 18.1 Å². The molecular formula is C18H19N3O2S. The minimum Gasteiger partial charge on any atom is -0.266 e. The summed E-state index contributed by atoms with van der Waals surface area (Å²) in [5, 5.41) is 4.29. The standard InChI is InChI=1S/C18H19N3O2S/c1-15-6-5-9-17(12-15)13-21-11-10-18(19-21)20-24(22,23)14-16-7-3-2-4-8-16/h2-12H,13-14H2,1H3,(H,19,20). The van der Waals surface area contributed by atoms with Crippen molar-refractivity contribution in [2.24, 2.45) is 0 Å². The zero-order valence-electron chi connectivity index (χ0n) is 13.4. The monoisotopic (exact) mass is 341 g/mol. The second kappa shape index (κ2) is 6.88. The fourth-order valence-electron chi connectivity index (χ4n) is 2.49. The number of aryl methyl sites for hydroxylation is 1. The third kappa shape index (κ3) is 4.45. The molecule has 6 heteroatoms. The number of hydrogen-bond acceptors (Lipinski definition) is 3. The molecule has 1 N–H and O–H groups in total. The van der Waals surface area contributed by atoms with Crippen LogP contribution >= 0.6 is 0 Å². The number of nitrogens with one attached hydrogen (secondary N) is 1. The summed E-state index contributed by atoms with van der Waals surface area (Å²) >= 11 is 0. The van der Waals surface area contributed by atoms with Crippen LogP contribution in [-0.2, 0) is 22.3 Å². The second-order valence-electron chi connectivity index (χ2n) is 5.73. The maximum atomic E-state index is 12.2. The minimum absolute atomic E-state index is 0.0709. The Hall–Kier alpha value is -2.60. The molecule has 0 saturated heterocycles. The summed E-state index contributed by atoms with van der Waals surface area (Å²) in [6.07, 6.45) is 1.77. The lowest BCUT2D eigenvalue weighted by Gasteiger charge is -2.06. The summed E-state index contributed by atoms with van der Waals surface area (Å²) in [5.74, 6) is 0.261. The van der Waals surface area contributed by atoms with E-state index in [9.17, 15) is 8.42 Å². The lowest BCUT2D eigenvalue weighted by atomic mass is 10.1. The van der Waals surface area contributed by atoms with Crippen LogP contribution in [0, 0.1) is 6.92 Å². The SMILES string of the molecule is Cc1cccc(Cn2ccc(NS(=O)(=O)Cc3ccccc3)n2)c1. The van der Waals surface area contributed by atoms with Gasteiger partial charge in [-0.1, -0.05) is 60.2 Å². The lowest BCUT2D eigenvalue weighted by Crippen LogP contribution is -2.15. The fourth-order valence-corrected chi connectivity index (χ4v) is 3.62. The van der Waals surface area contributed by atoms with E-state index in [0.29, 0.717) is 12.4 Å². The molecule has 0 bridgehead atoms. The van der Waals surface area contributed by atoms with Gasteiger partial charge in [-0.25, -0.2) is 8.42 Å². The van der Waals surface area contributed by atoms with Gasteiger partial charge in [0.05, 0.1) is 12.3 Å². The summed E-state index contributed by atoms with van der Waals surface area (Å²) in [6.45, 7) is 2.64. The molecule has 24 heavy (non-hydrogen) atoms. The molecule has 1 heterocycles. The van der Waals surface area contributed by atoms with Crippen LogP contribution in [0.5, 0.6) is 0 Å².